The Morgan fingerprint density at radius 3 is 1.60 bits per heavy atom. The first-order valence-corrected chi connectivity index (χ1v) is 7.03. The summed E-state index contributed by atoms with van der Waals surface area (Å²) in [5.74, 6) is 1.26. The van der Waals surface area contributed by atoms with E-state index in [2.05, 4.69) is 23.8 Å². The van der Waals surface area contributed by atoms with Gasteiger partial charge in [-0.15, -0.1) is 0 Å². The summed E-state index contributed by atoms with van der Waals surface area (Å²) in [5.41, 5.74) is 1.58. The van der Waals surface area contributed by atoms with Crippen LogP contribution in [0.3, 0.4) is 0 Å². The van der Waals surface area contributed by atoms with Crippen LogP contribution in [0.15, 0.2) is 36.4 Å². The predicted octanol–water partition coefficient (Wildman–Crippen LogP) is 3.72. The molecule has 0 fully saturated rings. The predicted molar refractivity (Wildman–Crippen MR) is 79.0 cm³/mol. The summed E-state index contributed by atoms with van der Waals surface area (Å²) in [6.07, 6.45) is 1.93. The Morgan fingerprint density at radius 2 is 1.20 bits per heavy atom. The van der Waals surface area contributed by atoms with Crippen LogP contribution in [0.2, 0.25) is 0 Å². The number of pyridine rings is 2. The number of ether oxygens (including phenoxy) is 2. The molecule has 0 unspecified atom stereocenters. The molecular formula is C16H20N2O2. The highest BCUT2D eigenvalue weighted by Crippen LogP contribution is 2.20. The molecule has 0 atom stereocenters. The summed E-state index contributed by atoms with van der Waals surface area (Å²) in [6, 6.07) is 11.4. The van der Waals surface area contributed by atoms with Gasteiger partial charge >= 0.3 is 0 Å². The lowest BCUT2D eigenvalue weighted by Gasteiger charge is -2.07. The van der Waals surface area contributed by atoms with Gasteiger partial charge < -0.3 is 9.47 Å². The second-order valence-electron chi connectivity index (χ2n) is 4.42. The van der Waals surface area contributed by atoms with E-state index in [-0.39, 0.29) is 0 Å². The largest absolute Gasteiger partial charge is 0.478 e. The smallest absolute Gasteiger partial charge is 0.213 e. The average molecular weight is 272 g/mol. The molecule has 2 heterocycles. The Morgan fingerprint density at radius 1 is 0.750 bits per heavy atom. The molecule has 2 aromatic rings. The molecular weight excluding hydrogens is 252 g/mol. The Balaban J connectivity index is 2.17. The van der Waals surface area contributed by atoms with E-state index in [0.717, 1.165) is 24.2 Å². The van der Waals surface area contributed by atoms with Crippen LogP contribution in [-0.4, -0.2) is 23.2 Å². The lowest BCUT2D eigenvalue weighted by Crippen LogP contribution is -2.00. The maximum atomic E-state index is 5.54. The van der Waals surface area contributed by atoms with Crippen LogP contribution < -0.4 is 9.47 Å². The van der Waals surface area contributed by atoms with Crippen molar-refractivity contribution in [2.24, 2.45) is 0 Å². The molecule has 0 aliphatic rings. The van der Waals surface area contributed by atoms with Crippen molar-refractivity contribution in [1.29, 1.82) is 0 Å². The Bertz CT molecular complexity index is 494. The molecule has 4 nitrogen and oxygen atoms in total. The van der Waals surface area contributed by atoms with E-state index in [0.29, 0.717) is 25.0 Å². The summed E-state index contributed by atoms with van der Waals surface area (Å²) >= 11 is 0. The van der Waals surface area contributed by atoms with Crippen LogP contribution in [0.1, 0.15) is 26.7 Å². The molecule has 0 bridgehead atoms. The zero-order valence-electron chi connectivity index (χ0n) is 12.0. The fraction of sp³-hybridized carbons (Fsp3) is 0.375. The van der Waals surface area contributed by atoms with E-state index >= 15 is 0 Å². The third-order valence-electron chi connectivity index (χ3n) is 2.62. The van der Waals surface area contributed by atoms with Crippen LogP contribution in [-0.2, 0) is 0 Å². The van der Waals surface area contributed by atoms with Gasteiger partial charge in [-0.1, -0.05) is 26.0 Å². The van der Waals surface area contributed by atoms with Crippen molar-refractivity contribution < 1.29 is 9.47 Å². The minimum absolute atomic E-state index is 0.631. The third kappa shape index (κ3) is 3.95. The maximum absolute atomic E-state index is 5.54. The molecule has 0 aromatic carbocycles. The summed E-state index contributed by atoms with van der Waals surface area (Å²) in [4.78, 5) is 8.92. The SMILES string of the molecule is CCCOc1cccc(-c2cccc(OCCC)n2)n1. The summed E-state index contributed by atoms with van der Waals surface area (Å²) in [7, 11) is 0. The van der Waals surface area contributed by atoms with Gasteiger partial charge in [-0.3, -0.25) is 0 Å². The fourth-order valence-electron chi connectivity index (χ4n) is 1.69. The first-order chi connectivity index (χ1) is 9.83. The van der Waals surface area contributed by atoms with Gasteiger partial charge in [-0.05, 0) is 25.0 Å². The lowest BCUT2D eigenvalue weighted by atomic mass is 10.2. The van der Waals surface area contributed by atoms with Gasteiger partial charge in [0.15, 0.2) is 0 Å². The van der Waals surface area contributed by atoms with Crippen molar-refractivity contribution >= 4 is 0 Å². The summed E-state index contributed by atoms with van der Waals surface area (Å²) in [6.45, 7) is 5.48. The molecule has 20 heavy (non-hydrogen) atoms. The van der Waals surface area contributed by atoms with E-state index in [1.807, 2.05) is 36.4 Å². The van der Waals surface area contributed by atoms with E-state index in [1.54, 1.807) is 0 Å². The highest BCUT2D eigenvalue weighted by molar-refractivity contribution is 5.55. The quantitative estimate of drug-likeness (QED) is 0.770. The van der Waals surface area contributed by atoms with Crippen LogP contribution >= 0.6 is 0 Å². The van der Waals surface area contributed by atoms with Crippen LogP contribution in [0.25, 0.3) is 11.4 Å². The van der Waals surface area contributed by atoms with Gasteiger partial charge in [-0.2, -0.15) is 0 Å². The third-order valence-corrected chi connectivity index (χ3v) is 2.62. The molecule has 0 radical (unpaired) electrons. The van der Waals surface area contributed by atoms with Gasteiger partial charge in [0.05, 0.1) is 24.6 Å². The van der Waals surface area contributed by atoms with Gasteiger partial charge in [-0.25, -0.2) is 9.97 Å². The second kappa shape index (κ2) is 7.48. The normalized spacial score (nSPS) is 10.3. The molecule has 0 amide bonds. The topological polar surface area (TPSA) is 44.2 Å². The zero-order valence-corrected chi connectivity index (χ0v) is 12.0. The van der Waals surface area contributed by atoms with Crippen molar-refractivity contribution in [3.63, 3.8) is 0 Å². The first-order valence-electron chi connectivity index (χ1n) is 7.03. The number of nitrogens with zero attached hydrogens (tertiary/aromatic N) is 2. The standard InChI is InChI=1S/C16H20N2O2/c1-3-11-19-15-9-5-7-13(17-15)14-8-6-10-16(18-14)20-12-4-2/h5-10H,3-4,11-12H2,1-2H3. The molecule has 0 aliphatic heterocycles. The van der Waals surface area contributed by atoms with Crippen molar-refractivity contribution in [3.8, 4) is 23.1 Å². The van der Waals surface area contributed by atoms with Crippen molar-refractivity contribution in [2.45, 2.75) is 26.7 Å². The van der Waals surface area contributed by atoms with Crippen molar-refractivity contribution in [3.05, 3.63) is 36.4 Å². The van der Waals surface area contributed by atoms with Crippen LogP contribution in [0.5, 0.6) is 11.8 Å². The van der Waals surface area contributed by atoms with Crippen LogP contribution in [0.4, 0.5) is 0 Å². The molecule has 0 saturated heterocycles. The van der Waals surface area contributed by atoms with Crippen molar-refractivity contribution in [1.82, 2.24) is 9.97 Å². The number of aromatic nitrogens is 2. The Kier molecular flexibility index (Phi) is 5.35. The number of rotatable bonds is 7. The second-order valence-corrected chi connectivity index (χ2v) is 4.42. The zero-order chi connectivity index (χ0) is 14.2. The van der Waals surface area contributed by atoms with Gasteiger partial charge in [0.25, 0.3) is 0 Å². The van der Waals surface area contributed by atoms with Gasteiger partial charge in [0.1, 0.15) is 0 Å². The summed E-state index contributed by atoms with van der Waals surface area (Å²) < 4.78 is 11.1. The lowest BCUT2D eigenvalue weighted by molar-refractivity contribution is 0.304. The molecule has 2 aromatic heterocycles. The first kappa shape index (κ1) is 14.3. The Hall–Kier alpha value is -2.10. The highest BCUT2D eigenvalue weighted by atomic mass is 16.5. The molecule has 0 saturated carbocycles. The van der Waals surface area contributed by atoms with E-state index in [9.17, 15) is 0 Å². The maximum Gasteiger partial charge on any atom is 0.213 e. The number of hydrogen-bond acceptors (Lipinski definition) is 4. The monoisotopic (exact) mass is 272 g/mol. The fourth-order valence-corrected chi connectivity index (χ4v) is 1.69. The van der Waals surface area contributed by atoms with Crippen LogP contribution in [0, 0.1) is 0 Å². The molecule has 2 rings (SSSR count). The summed E-state index contributed by atoms with van der Waals surface area (Å²) in [5, 5.41) is 0. The van der Waals surface area contributed by atoms with E-state index in [1.165, 1.54) is 0 Å². The van der Waals surface area contributed by atoms with E-state index < -0.39 is 0 Å². The number of hydrogen-bond donors (Lipinski definition) is 0. The van der Waals surface area contributed by atoms with Gasteiger partial charge in [0.2, 0.25) is 11.8 Å². The molecule has 0 N–H and O–H groups in total. The highest BCUT2D eigenvalue weighted by Gasteiger charge is 2.05. The average Bonchev–Trinajstić information content (AvgIpc) is 2.51. The molecule has 0 spiro atoms. The molecule has 0 aliphatic carbocycles. The minimum atomic E-state index is 0.631. The minimum Gasteiger partial charge on any atom is -0.478 e. The molecule has 106 valence electrons. The van der Waals surface area contributed by atoms with Gasteiger partial charge in [0, 0.05) is 12.1 Å². The Labute approximate surface area is 119 Å². The van der Waals surface area contributed by atoms with E-state index in [4.69, 9.17) is 9.47 Å². The molecule has 4 heteroatoms. The van der Waals surface area contributed by atoms with Crippen molar-refractivity contribution in [2.75, 3.05) is 13.2 Å².